The summed E-state index contributed by atoms with van der Waals surface area (Å²) in [6.45, 7) is 0.782. The summed E-state index contributed by atoms with van der Waals surface area (Å²) in [4.78, 5) is 40.4. The molecule has 13 heteroatoms. The Kier molecular flexibility index (Phi) is 10.9. The number of aryl methyl sites for hydroxylation is 1. The van der Waals surface area contributed by atoms with Crippen molar-refractivity contribution in [2.45, 2.75) is 57.7 Å². The van der Waals surface area contributed by atoms with Gasteiger partial charge in [-0.15, -0.1) is 0 Å². The number of carbonyl (C=O) groups is 2. The van der Waals surface area contributed by atoms with Crippen molar-refractivity contribution >= 4 is 56.4 Å². The predicted molar refractivity (Wildman–Crippen MR) is 171 cm³/mol. The van der Waals surface area contributed by atoms with Crippen molar-refractivity contribution in [1.29, 1.82) is 0 Å². The number of amides is 2. The Morgan fingerprint density at radius 1 is 1.05 bits per heavy atom. The summed E-state index contributed by atoms with van der Waals surface area (Å²) < 4.78 is 27.0. The first-order valence-electron chi connectivity index (χ1n) is 14.1. The molecule has 0 aliphatic heterocycles. The van der Waals surface area contributed by atoms with Crippen LogP contribution in [-0.2, 0) is 32.6 Å². The van der Waals surface area contributed by atoms with Crippen molar-refractivity contribution < 1.29 is 22.9 Å². The Hall–Kier alpha value is -3.67. The lowest BCUT2D eigenvalue weighted by Gasteiger charge is -2.34. The minimum Gasteiger partial charge on any atom is -0.352 e. The summed E-state index contributed by atoms with van der Waals surface area (Å²) in [6.07, 6.45) is 4.72. The van der Waals surface area contributed by atoms with Gasteiger partial charge < -0.3 is 10.2 Å². The summed E-state index contributed by atoms with van der Waals surface area (Å²) in [7, 11) is -4.10. The summed E-state index contributed by atoms with van der Waals surface area (Å²) >= 11 is 12.6. The lowest BCUT2D eigenvalue weighted by Crippen LogP contribution is -2.54. The third-order valence-corrected chi connectivity index (χ3v) is 9.39. The normalized spacial score (nSPS) is 14.2. The van der Waals surface area contributed by atoms with Gasteiger partial charge in [-0.25, -0.2) is 8.42 Å². The molecule has 0 heterocycles. The molecule has 0 aromatic heterocycles. The van der Waals surface area contributed by atoms with Gasteiger partial charge >= 0.3 is 0 Å². The number of nitrogens with zero attached hydrogens (tertiary/aromatic N) is 3. The van der Waals surface area contributed by atoms with E-state index in [4.69, 9.17) is 23.2 Å². The zero-order valence-corrected chi connectivity index (χ0v) is 26.7. The van der Waals surface area contributed by atoms with Gasteiger partial charge in [0.1, 0.15) is 12.6 Å². The second-order valence-corrected chi connectivity index (χ2v) is 13.7. The standard InChI is InChI=1S/C31H34Cl2N4O6S/c1-21-12-15-26(37(40)41)18-28(21)36(44(2,42)43)20-30(38)35(19-23-13-14-24(32)17-27(23)33)29(16-22-8-4-3-5-9-22)31(39)34-25-10-6-7-11-25/h3-5,8-9,12-15,17-18,25,29H,6-7,10-11,16,19-20H2,1-2H3,(H,34,39). The Balaban J connectivity index is 1.78. The van der Waals surface area contributed by atoms with E-state index in [0.717, 1.165) is 47.9 Å². The van der Waals surface area contributed by atoms with E-state index >= 15 is 0 Å². The molecular weight excluding hydrogens is 627 g/mol. The van der Waals surface area contributed by atoms with Gasteiger partial charge in [-0.1, -0.05) is 78.5 Å². The fourth-order valence-electron chi connectivity index (χ4n) is 5.33. The maximum atomic E-state index is 14.3. The number of nitro groups is 1. The average Bonchev–Trinajstić information content (AvgIpc) is 3.48. The Morgan fingerprint density at radius 3 is 2.34 bits per heavy atom. The number of anilines is 1. The van der Waals surface area contributed by atoms with Crippen LogP contribution in [0.3, 0.4) is 0 Å². The highest BCUT2D eigenvalue weighted by molar-refractivity contribution is 7.92. The van der Waals surface area contributed by atoms with Crippen LogP contribution < -0.4 is 9.62 Å². The SMILES string of the molecule is Cc1ccc([N+](=O)[O-])cc1N(CC(=O)N(Cc1ccc(Cl)cc1Cl)C(Cc1ccccc1)C(=O)NC1CCCC1)S(C)(=O)=O. The fraction of sp³-hybridized carbons (Fsp3) is 0.355. The van der Waals surface area contributed by atoms with Crippen molar-refractivity contribution in [3.05, 3.63) is 104 Å². The van der Waals surface area contributed by atoms with Gasteiger partial charge in [-0.3, -0.25) is 24.0 Å². The van der Waals surface area contributed by atoms with Gasteiger partial charge in [-0.05, 0) is 48.6 Å². The number of hydrogen-bond acceptors (Lipinski definition) is 6. The zero-order valence-electron chi connectivity index (χ0n) is 24.4. The number of hydrogen-bond donors (Lipinski definition) is 1. The van der Waals surface area contributed by atoms with Crippen molar-refractivity contribution in [3.63, 3.8) is 0 Å². The molecule has 0 saturated heterocycles. The smallest absolute Gasteiger partial charge is 0.271 e. The van der Waals surface area contributed by atoms with Crippen molar-refractivity contribution in [2.24, 2.45) is 0 Å². The molecule has 0 radical (unpaired) electrons. The number of nitrogens with one attached hydrogen (secondary N) is 1. The van der Waals surface area contributed by atoms with E-state index in [-0.39, 0.29) is 41.3 Å². The van der Waals surface area contributed by atoms with Crippen molar-refractivity contribution in [2.75, 3.05) is 17.1 Å². The summed E-state index contributed by atoms with van der Waals surface area (Å²) in [5.41, 5.74) is 1.40. The third-order valence-electron chi connectivity index (χ3n) is 7.68. The van der Waals surface area contributed by atoms with E-state index in [1.54, 1.807) is 19.1 Å². The van der Waals surface area contributed by atoms with E-state index in [9.17, 15) is 28.1 Å². The van der Waals surface area contributed by atoms with Crippen LogP contribution in [0.25, 0.3) is 0 Å². The van der Waals surface area contributed by atoms with Crippen LogP contribution in [0.2, 0.25) is 10.0 Å². The molecule has 1 N–H and O–H groups in total. The Morgan fingerprint density at radius 2 is 1.73 bits per heavy atom. The van der Waals surface area contributed by atoms with Gasteiger partial charge in [0, 0.05) is 41.2 Å². The van der Waals surface area contributed by atoms with E-state index in [2.05, 4.69) is 5.32 Å². The Labute approximate surface area is 267 Å². The van der Waals surface area contributed by atoms with Gasteiger partial charge in [0.15, 0.2) is 0 Å². The van der Waals surface area contributed by atoms with E-state index < -0.39 is 33.4 Å². The first-order chi connectivity index (χ1) is 20.8. The lowest BCUT2D eigenvalue weighted by atomic mass is 10.0. The number of halogens is 2. The highest BCUT2D eigenvalue weighted by Crippen LogP contribution is 2.29. The predicted octanol–water partition coefficient (Wildman–Crippen LogP) is 5.67. The lowest BCUT2D eigenvalue weighted by molar-refractivity contribution is -0.384. The minimum absolute atomic E-state index is 0.00505. The van der Waals surface area contributed by atoms with Crippen LogP contribution in [0.4, 0.5) is 11.4 Å². The molecule has 3 aromatic carbocycles. The summed E-state index contributed by atoms with van der Waals surface area (Å²) in [6, 6.07) is 16.8. The molecule has 1 aliphatic rings. The number of sulfonamides is 1. The molecule has 2 amide bonds. The topological polar surface area (TPSA) is 130 Å². The van der Waals surface area contributed by atoms with Crippen LogP contribution in [0.15, 0.2) is 66.7 Å². The van der Waals surface area contributed by atoms with Crippen LogP contribution in [0.1, 0.15) is 42.4 Å². The largest absolute Gasteiger partial charge is 0.352 e. The summed E-state index contributed by atoms with van der Waals surface area (Å²) in [5, 5.41) is 15.3. The summed E-state index contributed by atoms with van der Waals surface area (Å²) in [5.74, 6) is -1.05. The third kappa shape index (κ3) is 8.49. The molecule has 0 bridgehead atoms. The fourth-order valence-corrected chi connectivity index (χ4v) is 6.70. The molecule has 1 atom stereocenters. The molecule has 234 valence electrons. The maximum absolute atomic E-state index is 14.3. The van der Waals surface area contributed by atoms with Gasteiger partial charge in [0.2, 0.25) is 21.8 Å². The number of rotatable bonds is 12. The molecule has 3 aromatic rings. The second-order valence-electron chi connectivity index (χ2n) is 11.0. The highest BCUT2D eigenvalue weighted by Gasteiger charge is 2.35. The number of carbonyl (C=O) groups excluding carboxylic acids is 2. The van der Waals surface area contributed by atoms with Crippen LogP contribution in [0, 0.1) is 17.0 Å². The molecule has 10 nitrogen and oxygen atoms in total. The molecule has 0 spiro atoms. The maximum Gasteiger partial charge on any atom is 0.271 e. The first kappa shape index (κ1) is 33.2. The van der Waals surface area contributed by atoms with Crippen LogP contribution in [0.5, 0.6) is 0 Å². The van der Waals surface area contributed by atoms with Crippen LogP contribution >= 0.6 is 23.2 Å². The molecular formula is C31H34Cl2N4O6S. The van der Waals surface area contributed by atoms with Gasteiger partial charge in [0.25, 0.3) is 5.69 Å². The molecule has 4 rings (SSSR count). The van der Waals surface area contributed by atoms with E-state index in [0.29, 0.717) is 16.1 Å². The van der Waals surface area contributed by atoms with Crippen molar-refractivity contribution in [3.8, 4) is 0 Å². The first-order valence-corrected chi connectivity index (χ1v) is 16.7. The van der Waals surface area contributed by atoms with E-state index in [1.807, 2.05) is 30.3 Å². The monoisotopic (exact) mass is 660 g/mol. The highest BCUT2D eigenvalue weighted by atomic mass is 35.5. The Bertz CT molecular complexity index is 1630. The number of benzene rings is 3. The molecule has 1 saturated carbocycles. The quantitative estimate of drug-likeness (QED) is 0.197. The average molecular weight is 662 g/mol. The zero-order chi connectivity index (χ0) is 32.0. The molecule has 44 heavy (non-hydrogen) atoms. The molecule has 1 aliphatic carbocycles. The van der Waals surface area contributed by atoms with Gasteiger partial charge in [0.05, 0.1) is 16.9 Å². The molecule has 1 unspecified atom stereocenters. The molecule has 1 fully saturated rings. The van der Waals surface area contributed by atoms with Gasteiger partial charge in [-0.2, -0.15) is 0 Å². The van der Waals surface area contributed by atoms with E-state index in [1.165, 1.54) is 23.1 Å². The van der Waals surface area contributed by atoms with Crippen LogP contribution in [-0.4, -0.2) is 54.9 Å². The van der Waals surface area contributed by atoms with Crippen molar-refractivity contribution in [1.82, 2.24) is 10.2 Å². The number of non-ortho nitro benzene ring substituents is 1. The minimum atomic E-state index is -4.10. The second kappa shape index (κ2) is 14.4. The number of nitro benzene ring substituents is 1.